The number of rotatable bonds is 4. The van der Waals surface area contributed by atoms with Crippen LogP contribution in [0.15, 0.2) is 12.1 Å². The van der Waals surface area contributed by atoms with E-state index in [9.17, 15) is 8.78 Å². The van der Waals surface area contributed by atoms with Gasteiger partial charge >= 0.3 is 0 Å². The van der Waals surface area contributed by atoms with Crippen molar-refractivity contribution >= 4 is 5.69 Å². The fourth-order valence-corrected chi connectivity index (χ4v) is 1.91. The van der Waals surface area contributed by atoms with Gasteiger partial charge in [0.25, 0.3) is 0 Å². The summed E-state index contributed by atoms with van der Waals surface area (Å²) in [5.41, 5.74) is 0.729. The highest BCUT2D eigenvalue weighted by Gasteiger charge is 2.29. The van der Waals surface area contributed by atoms with E-state index in [1.807, 2.05) is 0 Å². The van der Waals surface area contributed by atoms with E-state index in [1.165, 1.54) is 12.1 Å². The average molecular weight is 226 g/mol. The van der Waals surface area contributed by atoms with Crippen LogP contribution < -0.4 is 10.2 Å². The van der Waals surface area contributed by atoms with Crippen LogP contribution in [0.3, 0.4) is 0 Å². The highest BCUT2D eigenvalue weighted by atomic mass is 19.1. The second-order valence-corrected chi connectivity index (χ2v) is 4.28. The van der Waals surface area contributed by atoms with Crippen LogP contribution in [-0.4, -0.2) is 20.1 Å². The van der Waals surface area contributed by atoms with Gasteiger partial charge < -0.3 is 10.2 Å². The fourth-order valence-electron chi connectivity index (χ4n) is 1.91. The van der Waals surface area contributed by atoms with Gasteiger partial charge in [0, 0.05) is 19.6 Å². The Balaban J connectivity index is 2.30. The first kappa shape index (κ1) is 11.3. The molecule has 0 bridgehead atoms. The largest absolute Gasteiger partial charge is 0.367 e. The first-order valence-electron chi connectivity index (χ1n) is 5.49. The number of nitrogens with one attached hydrogen (secondary N) is 1. The van der Waals surface area contributed by atoms with Crippen molar-refractivity contribution in [3.63, 3.8) is 0 Å². The summed E-state index contributed by atoms with van der Waals surface area (Å²) in [6.45, 7) is 0.473. The molecule has 1 aliphatic rings. The number of hydrogen-bond acceptors (Lipinski definition) is 2. The Morgan fingerprint density at radius 2 is 1.88 bits per heavy atom. The first-order chi connectivity index (χ1) is 7.63. The minimum atomic E-state index is -0.473. The van der Waals surface area contributed by atoms with Gasteiger partial charge in [-0.2, -0.15) is 0 Å². The lowest BCUT2D eigenvalue weighted by atomic mass is 10.1. The molecule has 0 amide bonds. The molecule has 0 saturated heterocycles. The zero-order chi connectivity index (χ0) is 11.7. The van der Waals surface area contributed by atoms with E-state index >= 15 is 0 Å². The molecular weight excluding hydrogens is 210 g/mol. The maximum absolute atomic E-state index is 13.8. The molecule has 1 aromatic rings. The molecule has 0 spiro atoms. The van der Waals surface area contributed by atoms with Gasteiger partial charge in [-0.15, -0.1) is 0 Å². The number of halogens is 2. The Hall–Kier alpha value is -1.16. The van der Waals surface area contributed by atoms with Gasteiger partial charge in [-0.3, -0.25) is 0 Å². The molecule has 1 aromatic carbocycles. The maximum atomic E-state index is 13.8. The molecular formula is C12H16F2N2. The Kier molecular flexibility index (Phi) is 3.10. The van der Waals surface area contributed by atoms with Gasteiger partial charge in [-0.25, -0.2) is 8.78 Å². The summed E-state index contributed by atoms with van der Waals surface area (Å²) < 4.78 is 27.5. The van der Waals surface area contributed by atoms with Crippen molar-refractivity contribution in [2.24, 2.45) is 0 Å². The molecule has 2 rings (SSSR count). The molecule has 4 heteroatoms. The fraction of sp³-hybridized carbons (Fsp3) is 0.500. The van der Waals surface area contributed by atoms with Crippen molar-refractivity contribution in [3.8, 4) is 0 Å². The van der Waals surface area contributed by atoms with E-state index in [0.717, 1.165) is 12.8 Å². The van der Waals surface area contributed by atoms with Crippen molar-refractivity contribution in [2.45, 2.75) is 25.4 Å². The van der Waals surface area contributed by atoms with Crippen molar-refractivity contribution < 1.29 is 8.78 Å². The van der Waals surface area contributed by atoms with E-state index in [-0.39, 0.29) is 5.69 Å². The smallest absolute Gasteiger partial charge is 0.149 e. The lowest BCUT2D eigenvalue weighted by Gasteiger charge is -2.20. The highest BCUT2D eigenvalue weighted by molar-refractivity contribution is 5.51. The number of benzene rings is 1. The maximum Gasteiger partial charge on any atom is 0.149 e. The first-order valence-corrected chi connectivity index (χ1v) is 5.49. The molecule has 1 aliphatic carbocycles. The van der Waals surface area contributed by atoms with Crippen LogP contribution in [0.4, 0.5) is 14.5 Å². The second kappa shape index (κ2) is 4.37. The van der Waals surface area contributed by atoms with E-state index in [4.69, 9.17) is 0 Å². The Morgan fingerprint density at radius 3 is 2.31 bits per heavy atom. The summed E-state index contributed by atoms with van der Waals surface area (Å²) in [4.78, 5) is 1.70. The summed E-state index contributed by atoms with van der Waals surface area (Å²) in [5, 5.41) is 2.88. The highest BCUT2D eigenvalue weighted by Crippen LogP contribution is 2.33. The quantitative estimate of drug-likeness (QED) is 0.847. The van der Waals surface area contributed by atoms with Gasteiger partial charge in [-0.05, 0) is 37.6 Å². The number of nitrogens with zero attached hydrogens (tertiary/aromatic N) is 1. The minimum Gasteiger partial charge on any atom is -0.367 e. The SMILES string of the molecule is CNCc1cc(F)c(N(C)C2CC2)c(F)c1. The lowest BCUT2D eigenvalue weighted by Crippen LogP contribution is -2.22. The molecule has 0 heterocycles. The molecule has 1 fully saturated rings. The second-order valence-electron chi connectivity index (χ2n) is 4.28. The molecule has 0 radical (unpaired) electrons. The topological polar surface area (TPSA) is 15.3 Å². The Bertz CT molecular complexity index is 366. The van der Waals surface area contributed by atoms with Crippen molar-refractivity contribution in [2.75, 3.05) is 19.0 Å². The number of hydrogen-bond donors (Lipinski definition) is 1. The van der Waals surface area contributed by atoms with Crippen LogP contribution in [0, 0.1) is 11.6 Å². The van der Waals surface area contributed by atoms with Crippen LogP contribution >= 0.6 is 0 Å². The van der Waals surface area contributed by atoms with Crippen molar-refractivity contribution in [1.29, 1.82) is 0 Å². The van der Waals surface area contributed by atoms with Crippen molar-refractivity contribution in [3.05, 3.63) is 29.3 Å². The molecule has 2 nitrogen and oxygen atoms in total. The van der Waals surface area contributed by atoms with Gasteiger partial charge in [0.2, 0.25) is 0 Å². The summed E-state index contributed by atoms with van der Waals surface area (Å²) in [7, 11) is 3.50. The Labute approximate surface area is 94.3 Å². The molecule has 0 aliphatic heterocycles. The van der Waals surface area contributed by atoms with Crippen LogP contribution in [0.5, 0.6) is 0 Å². The van der Waals surface area contributed by atoms with Gasteiger partial charge in [0.1, 0.15) is 17.3 Å². The van der Waals surface area contributed by atoms with Crippen LogP contribution in [0.1, 0.15) is 18.4 Å². The predicted molar refractivity (Wildman–Crippen MR) is 60.5 cm³/mol. The standard InChI is InChI=1S/C12H16F2N2/c1-15-7-8-5-10(13)12(11(14)6-8)16(2)9-3-4-9/h5-6,9,15H,3-4,7H2,1-2H3. The molecule has 1 N–H and O–H groups in total. The lowest BCUT2D eigenvalue weighted by molar-refractivity contribution is 0.571. The van der Waals surface area contributed by atoms with E-state index < -0.39 is 11.6 Å². The third-order valence-electron chi connectivity index (χ3n) is 2.90. The van der Waals surface area contributed by atoms with Crippen LogP contribution in [0.25, 0.3) is 0 Å². The van der Waals surface area contributed by atoms with Gasteiger partial charge in [-0.1, -0.05) is 0 Å². The summed E-state index contributed by atoms with van der Waals surface area (Å²) in [6.07, 6.45) is 2.04. The average Bonchev–Trinajstić information content (AvgIpc) is 2.99. The zero-order valence-electron chi connectivity index (χ0n) is 9.56. The Morgan fingerprint density at radius 1 is 1.31 bits per heavy atom. The summed E-state index contributed by atoms with van der Waals surface area (Å²) >= 11 is 0. The van der Waals surface area contributed by atoms with Gasteiger partial charge in [0.05, 0.1) is 0 Å². The van der Waals surface area contributed by atoms with E-state index in [2.05, 4.69) is 5.32 Å². The molecule has 0 atom stereocenters. The molecule has 88 valence electrons. The van der Waals surface area contributed by atoms with Gasteiger partial charge in [0.15, 0.2) is 0 Å². The third-order valence-corrected chi connectivity index (χ3v) is 2.90. The monoisotopic (exact) mass is 226 g/mol. The normalized spacial score (nSPS) is 15.2. The predicted octanol–water partition coefficient (Wildman–Crippen LogP) is 2.28. The van der Waals surface area contributed by atoms with Crippen molar-refractivity contribution in [1.82, 2.24) is 5.32 Å². The summed E-state index contributed by atoms with van der Waals surface area (Å²) in [5.74, 6) is -0.945. The summed E-state index contributed by atoms with van der Waals surface area (Å²) in [6, 6.07) is 3.10. The molecule has 1 saturated carbocycles. The molecule has 0 unspecified atom stereocenters. The van der Waals surface area contributed by atoms with E-state index in [1.54, 1.807) is 19.0 Å². The van der Waals surface area contributed by atoms with E-state index in [0.29, 0.717) is 18.2 Å². The molecule has 16 heavy (non-hydrogen) atoms. The minimum absolute atomic E-state index is 0.0994. The zero-order valence-corrected chi connectivity index (χ0v) is 9.56. The third kappa shape index (κ3) is 2.16. The number of anilines is 1. The van der Waals surface area contributed by atoms with Crippen LogP contribution in [-0.2, 0) is 6.54 Å². The van der Waals surface area contributed by atoms with Crippen LogP contribution in [0.2, 0.25) is 0 Å². The molecule has 0 aromatic heterocycles.